The molecule has 0 N–H and O–H groups in total. The van der Waals surface area contributed by atoms with Gasteiger partial charge < -0.3 is 9.47 Å². The molecular weight excluding hydrogens is 542 g/mol. The third-order valence-corrected chi connectivity index (χ3v) is 8.01. The Morgan fingerprint density at radius 1 is 1.10 bits per heavy atom. The number of aromatic nitrogens is 1. The van der Waals surface area contributed by atoms with Crippen LogP contribution in [-0.4, -0.2) is 30.0 Å². The predicted molar refractivity (Wildman–Crippen MR) is 157 cm³/mol. The van der Waals surface area contributed by atoms with Crippen LogP contribution in [0.15, 0.2) is 99.1 Å². The molecule has 2 heterocycles. The van der Waals surface area contributed by atoms with Crippen molar-refractivity contribution in [3.63, 3.8) is 0 Å². The lowest BCUT2D eigenvalue weighted by Crippen LogP contribution is -2.40. The van der Waals surface area contributed by atoms with Gasteiger partial charge in [0.1, 0.15) is 11.8 Å². The largest absolute Gasteiger partial charge is 0.479 e. The summed E-state index contributed by atoms with van der Waals surface area (Å²) in [6.45, 7) is 1.91. The molecule has 0 aliphatic carbocycles. The van der Waals surface area contributed by atoms with Crippen molar-refractivity contribution in [3.8, 4) is 11.8 Å². The van der Waals surface area contributed by atoms with Crippen molar-refractivity contribution >= 4 is 40.8 Å². The molecule has 0 spiro atoms. The number of benzene rings is 3. The van der Waals surface area contributed by atoms with E-state index < -0.39 is 12.0 Å². The van der Waals surface area contributed by atoms with E-state index in [0.717, 1.165) is 21.6 Å². The van der Waals surface area contributed by atoms with Crippen molar-refractivity contribution < 1.29 is 14.3 Å². The van der Waals surface area contributed by atoms with Crippen molar-refractivity contribution in [2.45, 2.75) is 17.9 Å². The van der Waals surface area contributed by atoms with Gasteiger partial charge in [-0.25, -0.2) is 9.79 Å². The summed E-state index contributed by atoms with van der Waals surface area (Å²) in [5, 5.41) is 8.73. The van der Waals surface area contributed by atoms with Crippen LogP contribution in [0.2, 0.25) is 0 Å². The van der Waals surface area contributed by atoms with Gasteiger partial charge >= 0.3 is 5.97 Å². The molecular formula is C31H25N3O4S2. The van der Waals surface area contributed by atoms with E-state index in [1.807, 2.05) is 79.1 Å². The van der Waals surface area contributed by atoms with Crippen molar-refractivity contribution in [1.29, 1.82) is 5.26 Å². The Morgan fingerprint density at radius 3 is 2.48 bits per heavy atom. The molecule has 9 heteroatoms. The maximum atomic E-state index is 13.9. The number of nitriles is 1. The summed E-state index contributed by atoms with van der Waals surface area (Å²) in [7, 11) is 0. The minimum Gasteiger partial charge on any atom is -0.479 e. The number of hydrogen-bond acceptors (Lipinski definition) is 8. The average Bonchev–Trinajstić information content (AvgIpc) is 3.30. The summed E-state index contributed by atoms with van der Waals surface area (Å²) in [4.78, 5) is 33.9. The van der Waals surface area contributed by atoms with E-state index in [2.05, 4.69) is 0 Å². The smallest absolute Gasteiger partial charge is 0.338 e. The highest BCUT2D eigenvalue weighted by molar-refractivity contribution is 7.98. The van der Waals surface area contributed by atoms with Gasteiger partial charge in [-0.3, -0.25) is 9.36 Å². The first-order valence-electron chi connectivity index (χ1n) is 12.6. The number of hydrogen-bond donors (Lipinski definition) is 0. The van der Waals surface area contributed by atoms with Gasteiger partial charge in [0.25, 0.3) is 5.56 Å². The van der Waals surface area contributed by atoms with Crippen LogP contribution < -0.4 is 19.6 Å². The molecule has 0 bridgehead atoms. The third kappa shape index (κ3) is 5.50. The van der Waals surface area contributed by atoms with Gasteiger partial charge in [0, 0.05) is 10.5 Å². The quantitative estimate of drug-likeness (QED) is 0.229. The third-order valence-electron chi connectivity index (χ3n) is 6.29. The number of ether oxygens (including phenoxy) is 2. The van der Waals surface area contributed by atoms with Crippen LogP contribution in [0.4, 0.5) is 0 Å². The zero-order valence-corrected chi connectivity index (χ0v) is 23.5. The van der Waals surface area contributed by atoms with Crippen LogP contribution in [0.3, 0.4) is 0 Å². The molecule has 1 aromatic heterocycles. The lowest BCUT2D eigenvalue weighted by molar-refractivity contribution is -0.138. The summed E-state index contributed by atoms with van der Waals surface area (Å²) < 4.78 is 12.9. The Morgan fingerprint density at radius 2 is 1.82 bits per heavy atom. The van der Waals surface area contributed by atoms with Gasteiger partial charge in [-0.1, -0.05) is 65.9 Å². The monoisotopic (exact) mass is 567 g/mol. The lowest BCUT2D eigenvalue weighted by Gasteiger charge is -2.26. The molecule has 1 atom stereocenters. The maximum Gasteiger partial charge on any atom is 0.338 e. The molecule has 3 aromatic carbocycles. The van der Waals surface area contributed by atoms with Crippen LogP contribution in [0, 0.1) is 11.3 Å². The van der Waals surface area contributed by atoms with Crippen LogP contribution in [-0.2, 0) is 9.53 Å². The summed E-state index contributed by atoms with van der Waals surface area (Å²) in [5.41, 5.74) is 2.91. The first-order valence-corrected chi connectivity index (χ1v) is 14.6. The van der Waals surface area contributed by atoms with Gasteiger partial charge in [-0.15, -0.1) is 11.8 Å². The van der Waals surface area contributed by atoms with Crippen LogP contribution in [0.1, 0.15) is 29.7 Å². The second-order valence-electron chi connectivity index (χ2n) is 8.72. The molecule has 40 heavy (non-hydrogen) atoms. The highest BCUT2D eigenvalue weighted by Gasteiger charge is 2.35. The zero-order valence-electron chi connectivity index (χ0n) is 21.9. The second kappa shape index (κ2) is 12.2. The van der Waals surface area contributed by atoms with Crippen molar-refractivity contribution in [2.75, 3.05) is 19.5 Å². The average molecular weight is 568 g/mol. The fraction of sp³-hybridized carbons (Fsp3) is 0.161. The van der Waals surface area contributed by atoms with E-state index in [9.17, 15) is 9.59 Å². The number of carbonyl (C=O) groups is 1. The second-order valence-corrected chi connectivity index (χ2v) is 10.6. The van der Waals surface area contributed by atoms with Crippen molar-refractivity contribution in [2.24, 2.45) is 4.99 Å². The SMILES string of the molecule is CCOC(=O)C1=C(c2ccccc2)N=c2sc(=Cc3ccc(OCC#N)cc3)c(=O)n2[C@H]1c1ccc(SC)cc1. The standard InChI is InChI=1S/C31H25N3O4S2/c1-3-37-30(36)26-27(21-7-5-4-6-8-21)33-31-34(28(26)22-11-15-24(39-2)16-12-22)29(35)25(40-31)19-20-9-13-23(14-10-20)38-18-17-32/h4-16,19,28H,3,18H2,1-2H3/t28-/m0/s1. The fourth-order valence-corrected chi connectivity index (χ4v) is 5.88. The van der Waals surface area contributed by atoms with E-state index in [1.54, 1.807) is 41.5 Å². The number of carbonyl (C=O) groups excluding carboxylic acids is 1. The van der Waals surface area contributed by atoms with Crippen molar-refractivity contribution in [1.82, 2.24) is 4.57 Å². The molecule has 200 valence electrons. The Balaban J connectivity index is 1.73. The van der Waals surface area contributed by atoms with E-state index >= 15 is 0 Å². The molecule has 5 rings (SSSR count). The molecule has 4 aromatic rings. The minimum absolute atomic E-state index is 0.0393. The summed E-state index contributed by atoms with van der Waals surface area (Å²) in [5.74, 6) is 0.0618. The Bertz CT molecular complexity index is 1780. The number of fused-ring (bicyclic) bond motifs is 1. The highest BCUT2D eigenvalue weighted by atomic mass is 32.2. The Hall–Kier alpha value is -4.39. The molecule has 0 unspecified atom stereocenters. The highest BCUT2D eigenvalue weighted by Crippen LogP contribution is 2.35. The van der Waals surface area contributed by atoms with E-state index in [-0.39, 0.29) is 18.8 Å². The Labute approximate surface area is 239 Å². The molecule has 0 fully saturated rings. The van der Waals surface area contributed by atoms with Gasteiger partial charge in [-0.2, -0.15) is 5.26 Å². The van der Waals surface area contributed by atoms with E-state index in [1.165, 1.54) is 11.3 Å². The van der Waals surface area contributed by atoms with Gasteiger partial charge in [0.2, 0.25) is 0 Å². The molecule has 1 aliphatic rings. The summed E-state index contributed by atoms with van der Waals surface area (Å²) in [6, 6.07) is 25.7. The summed E-state index contributed by atoms with van der Waals surface area (Å²) >= 11 is 2.89. The van der Waals surface area contributed by atoms with Gasteiger partial charge in [-0.05, 0) is 54.6 Å². The number of nitrogens with zero attached hydrogens (tertiary/aromatic N) is 3. The molecule has 1 aliphatic heterocycles. The van der Waals surface area contributed by atoms with Gasteiger partial charge in [0.05, 0.1) is 28.5 Å². The molecule has 0 saturated heterocycles. The predicted octanol–water partition coefficient (Wildman–Crippen LogP) is 4.56. The maximum absolute atomic E-state index is 13.9. The molecule has 0 saturated carbocycles. The number of thioether (sulfide) groups is 1. The number of thiazole rings is 1. The minimum atomic E-state index is -0.717. The van der Waals surface area contributed by atoms with Crippen LogP contribution >= 0.6 is 23.1 Å². The van der Waals surface area contributed by atoms with Crippen LogP contribution in [0.5, 0.6) is 5.75 Å². The van der Waals surface area contributed by atoms with E-state index in [0.29, 0.717) is 26.4 Å². The number of esters is 1. The fourth-order valence-electron chi connectivity index (χ4n) is 4.47. The normalized spacial score (nSPS) is 14.7. The lowest BCUT2D eigenvalue weighted by atomic mass is 9.93. The molecule has 7 nitrogen and oxygen atoms in total. The molecule has 0 amide bonds. The zero-order chi connectivity index (χ0) is 28.1. The Kier molecular flexibility index (Phi) is 8.29. The van der Waals surface area contributed by atoms with Gasteiger partial charge in [0.15, 0.2) is 11.4 Å². The molecule has 0 radical (unpaired) electrons. The van der Waals surface area contributed by atoms with E-state index in [4.69, 9.17) is 19.7 Å². The summed E-state index contributed by atoms with van der Waals surface area (Å²) in [6.07, 6.45) is 3.79. The topological polar surface area (TPSA) is 93.7 Å². The van der Waals surface area contributed by atoms with Crippen molar-refractivity contribution in [3.05, 3.63) is 121 Å². The number of rotatable bonds is 8. The first-order chi connectivity index (χ1) is 19.5. The first kappa shape index (κ1) is 27.2. The van der Waals surface area contributed by atoms with Crippen LogP contribution in [0.25, 0.3) is 11.8 Å².